The first-order chi connectivity index (χ1) is 3.48. The van der Waals surface area contributed by atoms with Crippen LogP contribution in [0.1, 0.15) is 20.8 Å². The van der Waals surface area contributed by atoms with E-state index in [1.165, 1.54) is 0 Å². The molecule has 0 saturated carbocycles. The smallest absolute Gasteiger partial charge is 0.102 e. The molecule has 0 aliphatic heterocycles. The third kappa shape index (κ3) is 2.53. The van der Waals surface area contributed by atoms with Crippen molar-refractivity contribution >= 4 is 11.6 Å². The van der Waals surface area contributed by atoms with Crippen molar-refractivity contribution in [2.45, 2.75) is 26.4 Å². The molecule has 0 saturated heterocycles. The highest BCUT2D eigenvalue weighted by Gasteiger charge is 2.22. The lowest BCUT2D eigenvalue weighted by atomic mass is 9.95. The monoisotopic (exact) mass is 135 g/mol. The molecule has 49 valence electrons. The van der Waals surface area contributed by atoms with Crippen molar-refractivity contribution < 1.29 is 5.11 Å². The highest BCUT2D eigenvalue weighted by molar-refractivity contribution is 6.18. The molecule has 0 heterocycles. The molecule has 0 amide bonds. The van der Waals surface area contributed by atoms with Gasteiger partial charge in [0, 0.05) is 11.8 Å². The van der Waals surface area contributed by atoms with Gasteiger partial charge in [-0.2, -0.15) is 0 Å². The Morgan fingerprint density at radius 3 is 2.00 bits per heavy atom. The first kappa shape index (κ1) is 8.25. The third-order valence-corrected chi connectivity index (χ3v) is 1.88. The summed E-state index contributed by atoms with van der Waals surface area (Å²) < 4.78 is 0. The minimum atomic E-state index is -0.873. The van der Waals surface area contributed by atoms with Crippen LogP contribution in [0.5, 0.6) is 0 Å². The van der Waals surface area contributed by atoms with Crippen molar-refractivity contribution in [2.24, 2.45) is 5.92 Å². The van der Waals surface area contributed by atoms with E-state index in [-0.39, 0.29) is 5.92 Å². The molecule has 0 aromatic heterocycles. The summed E-state index contributed by atoms with van der Waals surface area (Å²) >= 11 is 5.44. The first-order valence-corrected chi connectivity index (χ1v) is 3.28. The Labute approximate surface area is 55.7 Å². The number of hydrogen-bond donors (Lipinski definition) is 0. The van der Waals surface area contributed by atoms with Crippen LogP contribution in [-0.2, 0) is 5.11 Å². The van der Waals surface area contributed by atoms with Crippen molar-refractivity contribution in [3.05, 3.63) is 0 Å². The van der Waals surface area contributed by atoms with Crippen LogP contribution in [-0.4, -0.2) is 11.5 Å². The lowest BCUT2D eigenvalue weighted by Gasteiger charge is -2.20. The summed E-state index contributed by atoms with van der Waals surface area (Å²) in [6.07, 6.45) is 0. The van der Waals surface area contributed by atoms with E-state index in [9.17, 15) is 5.11 Å². The van der Waals surface area contributed by atoms with Crippen molar-refractivity contribution in [3.63, 3.8) is 0 Å². The summed E-state index contributed by atoms with van der Waals surface area (Å²) in [7, 11) is 0. The van der Waals surface area contributed by atoms with Crippen LogP contribution >= 0.6 is 11.6 Å². The highest BCUT2D eigenvalue weighted by Crippen LogP contribution is 2.16. The Morgan fingerprint density at radius 2 is 2.00 bits per heavy atom. The van der Waals surface area contributed by atoms with E-state index in [1.54, 1.807) is 13.8 Å². The normalized spacial score (nSPS) is 16.1. The zero-order valence-electron chi connectivity index (χ0n) is 5.57. The summed E-state index contributed by atoms with van der Waals surface area (Å²) in [6.45, 7) is 5.17. The van der Waals surface area contributed by atoms with E-state index >= 15 is 0 Å². The average molecular weight is 136 g/mol. The van der Waals surface area contributed by atoms with Crippen molar-refractivity contribution in [1.29, 1.82) is 0 Å². The molecule has 1 unspecified atom stereocenters. The van der Waals surface area contributed by atoms with Crippen LogP contribution in [0.4, 0.5) is 0 Å². The molecule has 0 aromatic carbocycles. The molecule has 2 heteroatoms. The van der Waals surface area contributed by atoms with Crippen molar-refractivity contribution in [3.8, 4) is 0 Å². The van der Waals surface area contributed by atoms with E-state index in [0.29, 0.717) is 5.88 Å². The topological polar surface area (TPSA) is 19.9 Å². The maximum atomic E-state index is 11.0. The maximum absolute atomic E-state index is 11.0. The Bertz CT molecular complexity index is 65.4. The zero-order valence-corrected chi connectivity index (χ0v) is 6.33. The lowest BCUT2D eigenvalue weighted by Crippen LogP contribution is -2.27. The van der Waals surface area contributed by atoms with Gasteiger partial charge in [0.05, 0.1) is 0 Å². The fraction of sp³-hybridized carbons (Fsp3) is 1.00. The Balaban J connectivity index is 3.62. The van der Waals surface area contributed by atoms with Gasteiger partial charge in [-0.15, -0.1) is 11.6 Å². The van der Waals surface area contributed by atoms with Crippen LogP contribution in [0.3, 0.4) is 0 Å². The van der Waals surface area contributed by atoms with Gasteiger partial charge in [-0.3, -0.25) is 0 Å². The molecule has 0 aliphatic rings. The van der Waals surface area contributed by atoms with Crippen molar-refractivity contribution in [1.82, 2.24) is 0 Å². The first-order valence-electron chi connectivity index (χ1n) is 2.75. The standard InChI is InChI=1S/C6H12ClO/c1-5(4-7)6(2,3)8/h5H,4H2,1-3H3. The Kier molecular flexibility index (Phi) is 2.78. The average Bonchev–Trinajstić information content (AvgIpc) is 1.62. The predicted molar refractivity (Wildman–Crippen MR) is 34.6 cm³/mol. The van der Waals surface area contributed by atoms with Gasteiger partial charge in [0.1, 0.15) is 5.60 Å². The van der Waals surface area contributed by atoms with E-state index in [0.717, 1.165) is 0 Å². The van der Waals surface area contributed by atoms with E-state index in [4.69, 9.17) is 11.6 Å². The molecule has 1 atom stereocenters. The molecule has 0 aromatic rings. The third-order valence-electron chi connectivity index (χ3n) is 1.42. The Hall–Kier alpha value is 0.250. The fourth-order valence-electron chi connectivity index (χ4n) is 0.186. The van der Waals surface area contributed by atoms with Gasteiger partial charge in [-0.05, 0) is 13.8 Å². The number of rotatable bonds is 2. The Morgan fingerprint density at radius 1 is 1.62 bits per heavy atom. The van der Waals surface area contributed by atoms with Crippen LogP contribution in [0.15, 0.2) is 0 Å². The van der Waals surface area contributed by atoms with Crippen LogP contribution < -0.4 is 0 Å². The SMILES string of the molecule is CC(CCl)C(C)(C)[O]. The minimum absolute atomic E-state index is 0.0594. The molecule has 0 fully saturated rings. The van der Waals surface area contributed by atoms with Crippen LogP contribution in [0, 0.1) is 5.92 Å². The van der Waals surface area contributed by atoms with Gasteiger partial charge >= 0.3 is 0 Å². The molecule has 0 rings (SSSR count). The molecule has 0 bridgehead atoms. The fourth-order valence-corrected chi connectivity index (χ4v) is 0.557. The summed E-state index contributed by atoms with van der Waals surface area (Å²) in [5.74, 6) is 0.514. The quantitative estimate of drug-likeness (QED) is 0.517. The molecule has 1 radical (unpaired) electrons. The number of halogens is 1. The highest BCUT2D eigenvalue weighted by atomic mass is 35.5. The minimum Gasteiger partial charge on any atom is -0.230 e. The van der Waals surface area contributed by atoms with E-state index in [2.05, 4.69) is 0 Å². The largest absolute Gasteiger partial charge is 0.230 e. The van der Waals surface area contributed by atoms with Gasteiger partial charge in [-0.1, -0.05) is 6.92 Å². The van der Waals surface area contributed by atoms with Gasteiger partial charge in [0.25, 0.3) is 0 Å². The summed E-state index contributed by atoms with van der Waals surface area (Å²) in [5.41, 5.74) is -0.873. The number of alkyl halides is 1. The van der Waals surface area contributed by atoms with Crippen LogP contribution in [0.2, 0.25) is 0 Å². The summed E-state index contributed by atoms with van der Waals surface area (Å²) in [4.78, 5) is 0. The molecular weight excluding hydrogens is 124 g/mol. The maximum Gasteiger partial charge on any atom is 0.102 e. The zero-order chi connectivity index (χ0) is 6.78. The molecular formula is C6H12ClO. The van der Waals surface area contributed by atoms with Crippen LogP contribution in [0.25, 0.3) is 0 Å². The second kappa shape index (κ2) is 2.70. The second-order valence-electron chi connectivity index (χ2n) is 2.66. The van der Waals surface area contributed by atoms with Gasteiger partial charge in [-0.25, -0.2) is 5.11 Å². The van der Waals surface area contributed by atoms with Gasteiger partial charge in [0.15, 0.2) is 0 Å². The van der Waals surface area contributed by atoms with E-state index < -0.39 is 5.60 Å². The molecule has 0 N–H and O–H groups in total. The summed E-state index contributed by atoms with van der Waals surface area (Å²) in [6, 6.07) is 0. The lowest BCUT2D eigenvalue weighted by molar-refractivity contribution is -0.0336. The van der Waals surface area contributed by atoms with E-state index in [1.807, 2.05) is 6.92 Å². The second-order valence-corrected chi connectivity index (χ2v) is 2.97. The van der Waals surface area contributed by atoms with Crippen molar-refractivity contribution in [2.75, 3.05) is 5.88 Å². The van der Waals surface area contributed by atoms with Gasteiger partial charge < -0.3 is 0 Å². The molecule has 0 spiro atoms. The molecule has 8 heavy (non-hydrogen) atoms. The predicted octanol–water partition coefficient (Wildman–Crippen LogP) is 2.07. The molecule has 1 nitrogen and oxygen atoms in total. The number of hydrogen-bond acceptors (Lipinski definition) is 0. The molecule has 0 aliphatic carbocycles. The summed E-state index contributed by atoms with van der Waals surface area (Å²) in [5, 5.41) is 11.0. The van der Waals surface area contributed by atoms with Gasteiger partial charge in [0.2, 0.25) is 0 Å².